The fourth-order valence-electron chi connectivity index (χ4n) is 1.46. The van der Waals surface area contributed by atoms with Crippen molar-refractivity contribution in [3.63, 3.8) is 0 Å². The molecule has 0 unspecified atom stereocenters. The molecule has 1 rings (SSSR count). The second-order valence-corrected chi connectivity index (χ2v) is 5.66. The minimum absolute atomic E-state index is 0.0584. The topological polar surface area (TPSA) is 58.2 Å². The third kappa shape index (κ3) is 5.80. The van der Waals surface area contributed by atoms with Gasteiger partial charge >= 0.3 is 0 Å². The van der Waals surface area contributed by atoms with E-state index in [0.29, 0.717) is 28.1 Å². The van der Waals surface area contributed by atoms with Gasteiger partial charge < -0.3 is 10.6 Å². The molecule has 0 spiro atoms. The average Bonchev–Trinajstić information content (AvgIpc) is 2.38. The summed E-state index contributed by atoms with van der Waals surface area (Å²) in [7, 11) is 0. The summed E-state index contributed by atoms with van der Waals surface area (Å²) in [6.07, 6.45) is 0.909. The highest BCUT2D eigenvalue weighted by atomic mass is 35.5. The number of carbonyl (C=O) groups is 2. The quantitative estimate of drug-likeness (QED) is 0.847. The standard InChI is InChI=1S/C14H18Cl2N2O2/c1-9(2)5-6-17-13(19)8-18-14(20)10-3-4-11(15)12(16)7-10/h3-4,7,9H,5-6,8H2,1-2H3,(H,17,19)(H,18,20). The highest BCUT2D eigenvalue weighted by molar-refractivity contribution is 6.42. The lowest BCUT2D eigenvalue weighted by Gasteiger charge is -2.08. The predicted octanol–water partition coefficient (Wildman–Crippen LogP) is 2.89. The summed E-state index contributed by atoms with van der Waals surface area (Å²) in [6.45, 7) is 4.72. The van der Waals surface area contributed by atoms with Crippen LogP contribution in [0.1, 0.15) is 30.6 Å². The normalized spacial score (nSPS) is 10.4. The van der Waals surface area contributed by atoms with Crippen LogP contribution in [0.15, 0.2) is 18.2 Å². The molecule has 4 nitrogen and oxygen atoms in total. The third-order valence-electron chi connectivity index (χ3n) is 2.64. The molecule has 110 valence electrons. The predicted molar refractivity (Wildman–Crippen MR) is 81.3 cm³/mol. The van der Waals surface area contributed by atoms with Crippen LogP contribution < -0.4 is 10.6 Å². The molecule has 0 saturated carbocycles. The van der Waals surface area contributed by atoms with Crippen molar-refractivity contribution in [1.29, 1.82) is 0 Å². The van der Waals surface area contributed by atoms with E-state index < -0.39 is 0 Å². The molecule has 2 amide bonds. The lowest BCUT2D eigenvalue weighted by molar-refractivity contribution is -0.120. The minimum atomic E-state index is -0.359. The van der Waals surface area contributed by atoms with Crippen molar-refractivity contribution in [3.05, 3.63) is 33.8 Å². The van der Waals surface area contributed by atoms with Gasteiger partial charge in [-0.1, -0.05) is 37.0 Å². The molecule has 0 aliphatic heterocycles. The maximum absolute atomic E-state index is 11.8. The summed E-state index contributed by atoms with van der Waals surface area (Å²) in [4.78, 5) is 23.3. The molecule has 0 fully saturated rings. The summed E-state index contributed by atoms with van der Waals surface area (Å²) in [5.74, 6) is -0.0391. The van der Waals surface area contributed by atoms with Crippen molar-refractivity contribution >= 4 is 35.0 Å². The molecule has 0 bridgehead atoms. The lowest BCUT2D eigenvalue weighted by Crippen LogP contribution is -2.37. The zero-order chi connectivity index (χ0) is 15.1. The monoisotopic (exact) mass is 316 g/mol. The van der Waals surface area contributed by atoms with Gasteiger partial charge in [-0.3, -0.25) is 9.59 Å². The molecule has 0 radical (unpaired) electrons. The van der Waals surface area contributed by atoms with E-state index in [-0.39, 0.29) is 18.4 Å². The summed E-state index contributed by atoms with van der Waals surface area (Å²) >= 11 is 11.6. The second-order valence-electron chi connectivity index (χ2n) is 4.84. The van der Waals surface area contributed by atoms with Gasteiger partial charge in [0, 0.05) is 12.1 Å². The fourth-order valence-corrected chi connectivity index (χ4v) is 1.76. The van der Waals surface area contributed by atoms with Gasteiger partial charge in [-0.2, -0.15) is 0 Å². The number of halogens is 2. The van der Waals surface area contributed by atoms with E-state index >= 15 is 0 Å². The minimum Gasteiger partial charge on any atom is -0.355 e. The van der Waals surface area contributed by atoms with E-state index in [1.54, 1.807) is 12.1 Å². The van der Waals surface area contributed by atoms with E-state index in [2.05, 4.69) is 24.5 Å². The molecule has 0 heterocycles. The van der Waals surface area contributed by atoms with Gasteiger partial charge in [0.2, 0.25) is 5.91 Å². The van der Waals surface area contributed by atoms with Gasteiger partial charge in [0.05, 0.1) is 16.6 Å². The first-order valence-electron chi connectivity index (χ1n) is 6.40. The summed E-state index contributed by atoms with van der Waals surface area (Å²) in [5, 5.41) is 5.96. The highest BCUT2D eigenvalue weighted by Crippen LogP contribution is 2.22. The van der Waals surface area contributed by atoms with Gasteiger partial charge in [0.15, 0.2) is 0 Å². The van der Waals surface area contributed by atoms with E-state index in [0.717, 1.165) is 6.42 Å². The summed E-state index contributed by atoms with van der Waals surface area (Å²) < 4.78 is 0. The van der Waals surface area contributed by atoms with Crippen LogP contribution >= 0.6 is 23.2 Å². The summed E-state index contributed by atoms with van der Waals surface area (Å²) in [6, 6.07) is 4.57. The number of carbonyl (C=O) groups excluding carboxylic acids is 2. The summed E-state index contributed by atoms with van der Waals surface area (Å²) in [5.41, 5.74) is 0.370. The Bertz CT molecular complexity index is 490. The number of hydrogen-bond donors (Lipinski definition) is 2. The molecule has 1 aromatic carbocycles. The van der Waals surface area contributed by atoms with Crippen molar-refractivity contribution in [2.75, 3.05) is 13.1 Å². The first kappa shape index (κ1) is 16.8. The molecular weight excluding hydrogens is 299 g/mol. The Balaban J connectivity index is 2.39. The smallest absolute Gasteiger partial charge is 0.251 e. The van der Waals surface area contributed by atoms with Gasteiger partial charge in [0.25, 0.3) is 5.91 Å². The number of amides is 2. The second kappa shape index (κ2) is 8.12. The SMILES string of the molecule is CC(C)CCNC(=O)CNC(=O)c1ccc(Cl)c(Cl)c1. The van der Waals surface area contributed by atoms with Crippen molar-refractivity contribution in [2.45, 2.75) is 20.3 Å². The Hall–Kier alpha value is -1.26. The lowest BCUT2D eigenvalue weighted by atomic mass is 10.1. The molecule has 0 atom stereocenters. The Morgan fingerprint density at radius 1 is 1.15 bits per heavy atom. The number of benzene rings is 1. The maximum Gasteiger partial charge on any atom is 0.251 e. The van der Waals surface area contributed by atoms with E-state index in [1.165, 1.54) is 6.07 Å². The molecule has 0 aliphatic carbocycles. The van der Waals surface area contributed by atoms with Crippen molar-refractivity contribution in [1.82, 2.24) is 10.6 Å². The molecular formula is C14H18Cl2N2O2. The Kier molecular flexibility index (Phi) is 6.82. The van der Waals surface area contributed by atoms with Crippen LogP contribution in [0.3, 0.4) is 0 Å². The molecule has 0 aromatic heterocycles. The van der Waals surface area contributed by atoms with Crippen molar-refractivity contribution < 1.29 is 9.59 Å². The first-order chi connectivity index (χ1) is 9.40. The molecule has 2 N–H and O–H groups in total. The first-order valence-corrected chi connectivity index (χ1v) is 7.15. The Morgan fingerprint density at radius 3 is 2.45 bits per heavy atom. The number of hydrogen-bond acceptors (Lipinski definition) is 2. The van der Waals surface area contributed by atoms with E-state index in [1.807, 2.05) is 0 Å². The Morgan fingerprint density at radius 2 is 1.85 bits per heavy atom. The molecule has 0 aliphatic rings. The molecule has 1 aromatic rings. The zero-order valence-corrected chi connectivity index (χ0v) is 13.0. The van der Waals surface area contributed by atoms with E-state index in [9.17, 15) is 9.59 Å². The highest BCUT2D eigenvalue weighted by Gasteiger charge is 2.09. The number of rotatable bonds is 6. The third-order valence-corrected chi connectivity index (χ3v) is 3.37. The van der Waals surface area contributed by atoms with Gasteiger partial charge in [0.1, 0.15) is 0 Å². The molecule has 0 saturated heterocycles. The number of nitrogens with one attached hydrogen (secondary N) is 2. The van der Waals surface area contributed by atoms with Gasteiger partial charge in [-0.25, -0.2) is 0 Å². The van der Waals surface area contributed by atoms with E-state index in [4.69, 9.17) is 23.2 Å². The van der Waals surface area contributed by atoms with Crippen molar-refractivity contribution in [3.8, 4) is 0 Å². The van der Waals surface area contributed by atoms with Crippen LogP contribution in [0.5, 0.6) is 0 Å². The maximum atomic E-state index is 11.8. The zero-order valence-electron chi connectivity index (χ0n) is 11.5. The average molecular weight is 317 g/mol. The van der Waals surface area contributed by atoms with Crippen LogP contribution in [-0.2, 0) is 4.79 Å². The molecule has 20 heavy (non-hydrogen) atoms. The largest absolute Gasteiger partial charge is 0.355 e. The fraction of sp³-hybridized carbons (Fsp3) is 0.429. The van der Waals surface area contributed by atoms with Crippen LogP contribution in [0.4, 0.5) is 0 Å². The van der Waals surface area contributed by atoms with Gasteiger partial charge in [-0.05, 0) is 30.5 Å². The van der Waals surface area contributed by atoms with Crippen LogP contribution in [-0.4, -0.2) is 24.9 Å². The molecule has 6 heteroatoms. The van der Waals surface area contributed by atoms with Crippen molar-refractivity contribution in [2.24, 2.45) is 5.92 Å². The van der Waals surface area contributed by atoms with Crippen LogP contribution in [0.25, 0.3) is 0 Å². The van der Waals surface area contributed by atoms with Crippen LogP contribution in [0, 0.1) is 5.92 Å². The Labute approximate surface area is 128 Å². The van der Waals surface area contributed by atoms with Crippen LogP contribution in [0.2, 0.25) is 10.0 Å². The van der Waals surface area contributed by atoms with Gasteiger partial charge in [-0.15, -0.1) is 0 Å².